The van der Waals surface area contributed by atoms with Crippen molar-refractivity contribution in [1.29, 1.82) is 0 Å². The Morgan fingerprint density at radius 2 is 1.47 bits per heavy atom. The van der Waals surface area contributed by atoms with Gasteiger partial charge in [0.25, 0.3) is 5.78 Å². The van der Waals surface area contributed by atoms with Crippen molar-refractivity contribution in [3.05, 3.63) is 65.7 Å². The van der Waals surface area contributed by atoms with Crippen LogP contribution in [-0.2, 0) is 19.0 Å². The molecule has 2 aromatic rings. The van der Waals surface area contributed by atoms with Crippen molar-refractivity contribution in [2.45, 2.75) is 19.8 Å². The van der Waals surface area contributed by atoms with Crippen molar-refractivity contribution in [3.63, 3.8) is 0 Å². The van der Waals surface area contributed by atoms with Crippen LogP contribution in [-0.4, -0.2) is 50.7 Å². The molecule has 0 aliphatic rings. The van der Waals surface area contributed by atoms with E-state index in [1.165, 1.54) is 0 Å². The second kappa shape index (κ2) is 13.1. The number of anilines is 1. The van der Waals surface area contributed by atoms with Crippen LogP contribution in [0.2, 0.25) is 0 Å². The van der Waals surface area contributed by atoms with Crippen LogP contribution in [0.1, 0.15) is 40.5 Å². The second-order valence-corrected chi connectivity index (χ2v) is 6.44. The van der Waals surface area contributed by atoms with Gasteiger partial charge in [-0.1, -0.05) is 43.7 Å². The minimum atomic E-state index is -0.927. The van der Waals surface area contributed by atoms with E-state index in [9.17, 15) is 14.4 Å². The van der Waals surface area contributed by atoms with Gasteiger partial charge in [0.2, 0.25) is 0 Å². The predicted octanol–water partition coefficient (Wildman–Crippen LogP) is 3.50. The third-order valence-corrected chi connectivity index (χ3v) is 4.12. The summed E-state index contributed by atoms with van der Waals surface area (Å²) < 4.78 is 15.3. The van der Waals surface area contributed by atoms with Gasteiger partial charge in [-0.15, -0.1) is 0 Å². The predicted molar refractivity (Wildman–Crippen MR) is 113 cm³/mol. The third kappa shape index (κ3) is 8.05. The average Bonchev–Trinajstić information content (AvgIpc) is 2.78. The third-order valence-electron chi connectivity index (χ3n) is 4.12. The first-order valence-corrected chi connectivity index (χ1v) is 9.97. The summed E-state index contributed by atoms with van der Waals surface area (Å²) >= 11 is 0. The molecule has 2 aromatic carbocycles. The second-order valence-electron chi connectivity index (χ2n) is 6.44. The highest BCUT2D eigenvalue weighted by molar-refractivity contribution is 6.40. The van der Waals surface area contributed by atoms with Crippen LogP contribution in [0.5, 0.6) is 0 Å². The topological polar surface area (TPSA) is 90.9 Å². The van der Waals surface area contributed by atoms with Gasteiger partial charge in [-0.25, -0.2) is 9.59 Å². The number of ether oxygens (including phenoxy) is 3. The summed E-state index contributed by atoms with van der Waals surface area (Å²) in [6.45, 7) is 3.30. The molecule has 0 saturated heterocycles. The summed E-state index contributed by atoms with van der Waals surface area (Å²) in [4.78, 5) is 35.5. The van der Waals surface area contributed by atoms with Gasteiger partial charge < -0.3 is 19.5 Å². The summed E-state index contributed by atoms with van der Waals surface area (Å²) in [7, 11) is 0. The Balaban J connectivity index is 1.56. The van der Waals surface area contributed by atoms with Gasteiger partial charge in [0.05, 0.1) is 18.8 Å². The first-order chi connectivity index (χ1) is 14.6. The van der Waals surface area contributed by atoms with Gasteiger partial charge in [0.15, 0.2) is 0 Å². The van der Waals surface area contributed by atoms with Crippen LogP contribution >= 0.6 is 0 Å². The SMILES string of the molecule is CCCCNc1ccc(C(=O)OCCOCCOC(=O)C(=O)c2ccccc2)cc1. The zero-order chi connectivity index (χ0) is 21.6. The molecular formula is C23H27NO6. The maximum Gasteiger partial charge on any atom is 0.379 e. The maximum atomic E-state index is 12.0. The fourth-order valence-electron chi connectivity index (χ4n) is 2.48. The van der Waals surface area contributed by atoms with E-state index in [1.807, 2.05) is 12.1 Å². The highest BCUT2D eigenvalue weighted by Crippen LogP contribution is 2.11. The van der Waals surface area contributed by atoms with Gasteiger partial charge in [0, 0.05) is 17.8 Å². The molecule has 0 unspecified atom stereocenters. The number of carbonyl (C=O) groups is 3. The number of hydrogen-bond acceptors (Lipinski definition) is 7. The normalized spacial score (nSPS) is 10.3. The zero-order valence-corrected chi connectivity index (χ0v) is 17.1. The molecule has 0 atom stereocenters. The van der Waals surface area contributed by atoms with Gasteiger partial charge >= 0.3 is 11.9 Å². The Morgan fingerprint density at radius 1 is 0.800 bits per heavy atom. The lowest BCUT2D eigenvalue weighted by Gasteiger charge is -2.08. The monoisotopic (exact) mass is 413 g/mol. The minimum Gasteiger partial charge on any atom is -0.460 e. The Bertz CT molecular complexity index is 804. The van der Waals surface area contributed by atoms with E-state index in [2.05, 4.69) is 12.2 Å². The van der Waals surface area contributed by atoms with Crippen molar-refractivity contribution < 1.29 is 28.6 Å². The molecule has 0 bridgehead atoms. The van der Waals surface area contributed by atoms with Crippen molar-refractivity contribution >= 4 is 23.4 Å². The molecule has 0 aliphatic heterocycles. The number of Topliss-reactive ketones (excluding diaryl/α,β-unsaturated/α-hetero) is 1. The van der Waals surface area contributed by atoms with E-state index in [-0.39, 0.29) is 32.0 Å². The van der Waals surface area contributed by atoms with Crippen LogP contribution in [0.4, 0.5) is 5.69 Å². The molecule has 0 aromatic heterocycles. The van der Waals surface area contributed by atoms with Crippen molar-refractivity contribution in [2.24, 2.45) is 0 Å². The van der Waals surface area contributed by atoms with Gasteiger partial charge in [-0.05, 0) is 30.7 Å². The van der Waals surface area contributed by atoms with E-state index < -0.39 is 17.7 Å². The zero-order valence-electron chi connectivity index (χ0n) is 17.1. The summed E-state index contributed by atoms with van der Waals surface area (Å²) in [6.07, 6.45) is 2.21. The van der Waals surface area contributed by atoms with Gasteiger partial charge in [-0.2, -0.15) is 0 Å². The first kappa shape index (κ1) is 23.1. The molecule has 30 heavy (non-hydrogen) atoms. The number of unbranched alkanes of at least 4 members (excludes halogenated alkanes) is 1. The van der Waals surface area contributed by atoms with Crippen LogP contribution in [0.25, 0.3) is 0 Å². The van der Waals surface area contributed by atoms with E-state index in [0.29, 0.717) is 5.56 Å². The molecule has 0 aliphatic carbocycles. The van der Waals surface area contributed by atoms with Gasteiger partial charge in [0.1, 0.15) is 13.2 Å². The Morgan fingerprint density at radius 3 is 2.13 bits per heavy atom. The first-order valence-electron chi connectivity index (χ1n) is 9.97. The standard InChI is InChI=1S/C23H27NO6/c1-2-3-13-24-20-11-9-19(10-12-20)22(26)29-16-14-28-15-17-30-23(27)21(25)18-7-5-4-6-8-18/h4-12,24H,2-3,13-17H2,1H3. The van der Waals surface area contributed by atoms with E-state index in [4.69, 9.17) is 14.2 Å². The van der Waals surface area contributed by atoms with Crippen LogP contribution in [0.3, 0.4) is 0 Å². The maximum absolute atomic E-state index is 12.0. The number of nitrogens with one attached hydrogen (secondary N) is 1. The molecule has 7 nitrogen and oxygen atoms in total. The Kier molecular flexibility index (Phi) is 10.1. The molecule has 0 fully saturated rings. The summed E-state index contributed by atoms with van der Waals surface area (Å²) in [6, 6.07) is 15.3. The lowest BCUT2D eigenvalue weighted by molar-refractivity contribution is -0.139. The molecule has 2 rings (SSSR count). The molecule has 0 saturated carbocycles. The van der Waals surface area contributed by atoms with Gasteiger partial charge in [-0.3, -0.25) is 4.79 Å². The van der Waals surface area contributed by atoms with Crippen molar-refractivity contribution in [1.82, 2.24) is 0 Å². The van der Waals surface area contributed by atoms with Crippen molar-refractivity contribution in [3.8, 4) is 0 Å². The number of ketones is 1. The molecule has 0 radical (unpaired) electrons. The number of carbonyl (C=O) groups excluding carboxylic acids is 3. The van der Waals surface area contributed by atoms with E-state index in [0.717, 1.165) is 25.1 Å². The molecular weight excluding hydrogens is 386 g/mol. The molecule has 1 N–H and O–H groups in total. The van der Waals surface area contributed by atoms with E-state index >= 15 is 0 Å². The summed E-state index contributed by atoms with van der Waals surface area (Å²) in [5.41, 5.74) is 1.70. The highest BCUT2D eigenvalue weighted by Gasteiger charge is 2.17. The highest BCUT2D eigenvalue weighted by atomic mass is 16.6. The Labute approximate surface area is 176 Å². The number of rotatable bonds is 13. The minimum absolute atomic E-state index is 0.0577. The number of hydrogen-bond donors (Lipinski definition) is 1. The molecule has 7 heteroatoms. The molecule has 0 heterocycles. The summed E-state index contributed by atoms with van der Waals surface area (Å²) in [5.74, 6) is -2.06. The Hall–Kier alpha value is -3.19. The lowest BCUT2D eigenvalue weighted by atomic mass is 10.1. The number of esters is 2. The van der Waals surface area contributed by atoms with Crippen LogP contribution in [0, 0.1) is 0 Å². The lowest BCUT2D eigenvalue weighted by Crippen LogP contribution is -2.20. The fraction of sp³-hybridized carbons (Fsp3) is 0.348. The largest absolute Gasteiger partial charge is 0.460 e. The van der Waals surface area contributed by atoms with Crippen LogP contribution < -0.4 is 5.32 Å². The quantitative estimate of drug-likeness (QED) is 0.233. The summed E-state index contributed by atoms with van der Waals surface area (Å²) in [5, 5.41) is 3.28. The molecule has 0 spiro atoms. The number of benzene rings is 2. The van der Waals surface area contributed by atoms with Crippen LogP contribution in [0.15, 0.2) is 54.6 Å². The molecule has 160 valence electrons. The molecule has 0 amide bonds. The smallest absolute Gasteiger partial charge is 0.379 e. The fourth-order valence-corrected chi connectivity index (χ4v) is 2.48. The van der Waals surface area contributed by atoms with Crippen molar-refractivity contribution in [2.75, 3.05) is 38.3 Å². The van der Waals surface area contributed by atoms with E-state index in [1.54, 1.807) is 42.5 Å². The average molecular weight is 413 g/mol.